The van der Waals surface area contributed by atoms with Crippen LogP contribution < -0.4 is 5.32 Å². The zero-order valence-electron chi connectivity index (χ0n) is 12.1. The Morgan fingerprint density at radius 2 is 1.78 bits per heavy atom. The van der Waals surface area contributed by atoms with Crippen LogP contribution in [0.4, 0.5) is 18.9 Å². The molecule has 0 aromatic heterocycles. The van der Waals surface area contributed by atoms with Crippen LogP contribution in [0.5, 0.6) is 0 Å². The highest BCUT2D eigenvalue weighted by Gasteiger charge is 2.54. The molecule has 23 heavy (non-hydrogen) atoms. The zero-order chi connectivity index (χ0) is 16.8. The van der Waals surface area contributed by atoms with E-state index in [9.17, 15) is 27.9 Å². The topological polar surface area (TPSA) is 66.4 Å². The molecule has 2 fully saturated rings. The third kappa shape index (κ3) is 2.92. The predicted molar refractivity (Wildman–Crippen MR) is 75.5 cm³/mol. The number of halogens is 3. The zero-order valence-corrected chi connectivity index (χ0v) is 12.1. The summed E-state index contributed by atoms with van der Waals surface area (Å²) in [5.41, 5.74) is -0.810. The average molecular weight is 327 g/mol. The standard InChI is InChI=1S/C16H16F3NO3/c17-16(18,19)10-2-1-3-11(7-10)20-14(21)12-8-4-5-9(6-8)13(12)15(22)23/h1-3,7-9,12-13H,4-6H2,(H,20,21)(H,22,23)/t8-,9+,12-,13-/m0/s1. The summed E-state index contributed by atoms with van der Waals surface area (Å²) in [6, 6.07) is 4.37. The van der Waals surface area contributed by atoms with Gasteiger partial charge in [-0.1, -0.05) is 6.07 Å². The fourth-order valence-electron chi connectivity index (χ4n) is 4.02. The normalized spacial score (nSPS) is 29.5. The smallest absolute Gasteiger partial charge is 0.416 e. The van der Waals surface area contributed by atoms with E-state index >= 15 is 0 Å². The van der Waals surface area contributed by atoms with E-state index in [0.29, 0.717) is 6.42 Å². The van der Waals surface area contributed by atoms with Gasteiger partial charge in [-0.25, -0.2) is 0 Å². The predicted octanol–water partition coefficient (Wildman–Crippen LogP) is 3.39. The van der Waals surface area contributed by atoms with Gasteiger partial charge in [0.2, 0.25) is 5.91 Å². The number of benzene rings is 1. The van der Waals surface area contributed by atoms with Crippen LogP contribution in [-0.4, -0.2) is 17.0 Å². The monoisotopic (exact) mass is 327 g/mol. The molecule has 0 unspecified atom stereocenters. The van der Waals surface area contributed by atoms with Crippen molar-refractivity contribution in [3.63, 3.8) is 0 Å². The molecule has 4 nitrogen and oxygen atoms in total. The van der Waals surface area contributed by atoms with Gasteiger partial charge in [0.05, 0.1) is 17.4 Å². The van der Waals surface area contributed by atoms with E-state index in [4.69, 9.17) is 0 Å². The second kappa shape index (κ2) is 5.54. The largest absolute Gasteiger partial charge is 0.481 e. The van der Waals surface area contributed by atoms with Crippen molar-refractivity contribution in [2.45, 2.75) is 25.4 Å². The molecule has 0 radical (unpaired) electrons. The number of fused-ring (bicyclic) bond motifs is 2. The molecule has 0 spiro atoms. The molecule has 0 saturated heterocycles. The number of alkyl halides is 3. The number of carbonyl (C=O) groups excluding carboxylic acids is 1. The van der Waals surface area contributed by atoms with E-state index in [1.807, 2.05) is 0 Å². The van der Waals surface area contributed by atoms with Crippen molar-refractivity contribution >= 4 is 17.6 Å². The Labute approximate surface area is 130 Å². The fourth-order valence-corrected chi connectivity index (χ4v) is 4.02. The van der Waals surface area contributed by atoms with Gasteiger partial charge in [-0.15, -0.1) is 0 Å². The van der Waals surface area contributed by atoms with Crippen molar-refractivity contribution in [1.29, 1.82) is 0 Å². The minimum absolute atomic E-state index is 0.00485. The van der Waals surface area contributed by atoms with E-state index in [-0.39, 0.29) is 17.5 Å². The molecule has 2 aliphatic rings. The van der Waals surface area contributed by atoms with Gasteiger partial charge in [-0.3, -0.25) is 9.59 Å². The summed E-state index contributed by atoms with van der Waals surface area (Å²) in [5, 5.41) is 11.8. The average Bonchev–Trinajstić information content (AvgIpc) is 3.07. The number of hydrogen-bond acceptors (Lipinski definition) is 2. The van der Waals surface area contributed by atoms with E-state index in [1.165, 1.54) is 12.1 Å². The van der Waals surface area contributed by atoms with Gasteiger partial charge in [0.25, 0.3) is 0 Å². The number of anilines is 1. The Kier molecular flexibility index (Phi) is 3.82. The molecule has 3 rings (SSSR count). The molecular weight excluding hydrogens is 311 g/mol. The van der Waals surface area contributed by atoms with Crippen molar-refractivity contribution in [3.05, 3.63) is 29.8 Å². The Balaban J connectivity index is 1.78. The van der Waals surface area contributed by atoms with E-state index < -0.39 is 35.5 Å². The van der Waals surface area contributed by atoms with Gasteiger partial charge in [0, 0.05) is 5.69 Å². The highest BCUT2D eigenvalue weighted by molar-refractivity contribution is 5.96. The third-order valence-corrected chi connectivity index (χ3v) is 4.96. The van der Waals surface area contributed by atoms with E-state index in [0.717, 1.165) is 25.0 Å². The maximum absolute atomic E-state index is 12.7. The number of hydrogen-bond donors (Lipinski definition) is 2. The second-order valence-electron chi connectivity index (χ2n) is 6.29. The van der Waals surface area contributed by atoms with Crippen LogP contribution in [0.2, 0.25) is 0 Å². The van der Waals surface area contributed by atoms with Gasteiger partial charge in [-0.05, 0) is 49.3 Å². The first-order chi connectivity index (χ1) is 10.8. The van der Waals surface area contributed by atoms with Gasteiger partial charge in [0.1, 0.15) is 0 Å². The maximum atomic E-state index is 12.7. The summed E-state index contributed by atoms with van der Waals surface area (Å²) in [7, 11) is 0. The molecule has 2 saturated carbocycles. The Bertz CT molecular complexity index is 644. The summed E-state index contributed by atoms with van der Waals surface area (Å²) in [4.78, 5) is 23.8. The van der Waals surface area contributed by atoms with Crippen LogP contribution in [0.3, 0.4) is 0 Å². The highest BCUT2D eigenvalue weighted by atomic mass is 19.4. The molecule has 124 valence electrons. The summed E-state index contributed by atoms with van der Waals surface area (Å²) in [5.74, 6) is -2.90. The molecule has 4 atom stereocenters. The lowest BCUT2D eigenvalue weighted by Crippen LogP contribution is -2.37. The first-order valence-electron chi connectivity index (χ1n) is 7.48. The molecule has 0 aliphatic heterocycles. The van der Waals surface area contributed by atoms with E-state index in [2.05, 4.69) is 5.32 Å². The van der Waals surface area contributed by atoms with Gasteiger partial charge >= 0.3 is 12.1 Å². The maximum Gasteiger partial charge on any atom is 0.416 e. The second-order valence-corrected chi connectivity index (χ2v) is 6.29. The Morgan fingerprint density at radius 3 is 2.39 bits per heavy atom. The number of carboxylic acid groups (broad SMARTS) is 1. The SMILES string of the molecule is O=C(O)[C@H]1[C@@H]2CC[C@@H](C2)[C@@H]1C(=O)Nc1cccc(C(F)(F)F)c1. The molecule has 1 amide bonds. The van der Waals surface area contributed by atoms with Crippen LogP contribution in [0.25, 0.3) is 0 Å². The van der Waals surface area contributed by atoms with Crippen molar-refractivity contribution in [2.75, 3.05) is 5.32 Å². The molecule has 2 bridgehead atoms. The lowest BCUT2D eigenvalue weighted by atomic mass is 9.78. The van der Waals surface area contributed by atoms with Gasteiger partial charge in [-0.2, -0.15) is 13.2 Å². The molecular formula is C16H16F3NO3. The molecule has 2 aliphatic carbocycles. The van der Waals surface area contributed by atoms with Crippen molar-refractivity contribution in [1.82, 2.24) is 0 Å². The molecule has 0 heterocycles. The van der Waals surface area contributed by atoms with Crippen LogP contribution in [0.1, 0.15) is 24.8 Å². The minimum atomic E-state index is -4.49. The van der Waals surface area contributed by atoms with E-state index in [1.54, 1.807) is 0 Å². The van der Waals surface area contributed by atoms with Crippen LogP contribution in [0, 0.1) is 23.7 Å². The quantitative estimate of drug-likeness (QED) is 0.894. The van der Waals surface area contributed by atoms with Crippen molar-refractivity contribution < 1.29 is 27.9 Å². The molecule has 7 heteroatoms. The van der Waals surface area contributed by atoms with Crippen LogP contribution in [-0.2, 0) is 15.8 Å². The highest BCUT2D eigenvalue weighted by Crippen LogP contribution is 2.52. The minimum Gasteiger partial charge on any atom is -0.481 e. The number of carboxylic acids is 1. The summed E-state index contributed by atoms with van der Waals surface area (Å²) >= 11 is 0. The van der Waals surface area contributed by atoms with Crippen LogP contribution in [0.15, 0.2) is 24.3 Å². The Morgan fingerprint density at radius 1 is 1.13 bits per heavy atom. The lowest BCUT2D eigenvalue weighted by Gasteiger charge is -2.27. The number of amides is 1. The number of rotatable bonds is 3. The van der Waals surface area contributed by atoms with Gasteiger partial charge in [0.15, 0.2) is 0 Å². The first kappa shape index (κ1) is 15.8. The Hall–Kier alpha value is -2.05. The molecule has 2 N–H and O–H groups in total. The summed E-state index contributed by atoms with van der Waals surface area (Å²) < 4.78 is 38.1. The fraction of sp³-hybridized carbons (Fsp3) is 0.500. The number of nitrogens with one attached hydrogen (secondary N) is 1. The summed E-state index contributed by atoms with van der Waals surface area (Å²) in [6.07, 6.45) is -2.18. The number of aliphatic carboxylic acids is 1. The first-order valence-corrected chi connectivity index (χ1v) is 7.48. The number of carbonyl (C=O) groups is 2. The van der Waals surface area contributed by atoms with Crippen molar-refractivity contribution in [2.24, 2.45) is 23.7 Å². The summed E-state index contributed by atoms with van der Waals surface area (Å²) in [6.45, 7) is 0. The van der Waals surface area contributed by atoms with Crippen LogP contribution >= 0.6 is 0 Å². The van der Waals surface area contributed by atoms with Gasteiger partial charge < -0.3 is 10.4 Å². The third-order valence-electron chi connectivity index (χ3n) is 4.96. The lowest BCUT2D eigenvalue weighted by molar-refractivity contribution is -0.148. The van der Waals surface area contributed by atoms with Crippen molar-refractivity contribution in [3.8, 4) is 0 Å². The molecule has 1 aromatic carbocycles. The molecule has 1 aromatic rings.